The zero-order valence-corrected chi connectivity index (χ0v) is 10.9. The molecule has 0 aliphatic carbocycles. The molecule has 0 saturated carbocycles. The Morgan fingerprint density at radius 2 is 1.74 bits per heavy atom. The molecule has 0 atom stereocenters. The molecule has 0 spiro atoms. The number of para-hydroxylation sites is 1. The van der Waals surface area contributed by atoms with Crippen molar-refractivity contribution in [3.63, 3.8) is 0 Å². The van der Waals surface area contributed by atoms with E-state index in [0.717, 1.165) is 11.3 Å². The zero-order valence-electron chi connectivity index (χ0n) is 10.9. The molecule has 0 unspecified atom stereocenters. The summed E-state index contributed by atoms with van der Waals surface area (Å²) in [5.74, 6) is 1.31. The van der Waals surface area contributed by atoms with Crippen LogP contribution in [0.3, 0.4) is 0 Å². The predicted molar refractivity (Wildman–Crippen MR) is 73.3 cm³/mol. The number of anilines is 2. The van der Waals surface area contributed by atoms with Crippen LogP contribution in [-0.2, 0) is 6.54 Å². The molecule has 0 fully saturated rings. The van der Waals surface area contributed by atoms with E-state index < -0.39 is 0 Å². The molecule has 0 amide bonds. The standard InChI is InChI=1S/C13H16N4O2/c1-18-11-7-12(19-2)17-13(16-11)15-8-9-5-3-4-6-10(9)14/h3-7H,8,14H2,1-2H3,(H,15,16,17). The van der Waals surface area contributed by atoms with Crippen molar-refractivity contribution in [2.45, 2.75) is 6.54 Å². The lowest BCUT2D eigenvalue weighted by Crippen LogP contribution is -2.07. The van der Waals surface area contributed by atoms with Gasteiger partial charge in [0.2, 0.25) is 17.7 Å². The zero-order chi connectivity index (χ0) is 13.7. The van der Waals surface area contributed by atoms with Gasteiger partial charge in [0.25, 0.3) is 0 Å². The second-order valence-electron chi connectivity index (χ2n) is 3.83. The van der Waals surface area contributed by atoms with Crippen molar-refractivity contribution < 1.29 is 9.47 Å². The number of nitrogens with one attached hydrogen (secondary N) is 1. The maximum atomic E-state index is 5.87. The van der Waals surface area contributed by atoms with Gasteiger partial charge in [0.1, 0.15) is 0 Å². The van der Waals surface area contributed by atoms with E-state index in [-0.39, 0.29) is 0 Å². The number of methoxy groups -OCH3 is 2. The third-order valence-electron chi connectivity index (χ3n) is 2.59. The minimum atomic E-state index is 0.430. The Kier molecular flexibility index (Phi) is 4.02. The number of nitrogens with zero attached hydrogens (tertiary/aromatic N) is 2. The SMILES string of the molecule is COc1cc(OC)nc(NCc2ccccc2N)n1. The summed E-state index contributed by atoms with van der Waals surface area (Å²) in [6.07, 6.45) is 0. The van der Waals surface area contributed by atoms with Gasteiger partial charge in [-0.05, 0) is 11.6 Å². The Bertz CT molecular complexity index is 538. The maximum absolute atomic E-state index is 5.87. The fourth-order valence-corrected chi connectivity index (χ4v) is 1.56. The van der Waals surface area contributed by atoms with E-state index in [9.17, 15) is 0 Å². The van der Waals surface area contributed by atoms with E-state index in [1.54, 1.807) is 20.3 Å². The van der Waals surface area contributed by atoms with Crippen LogP contribution in [0.1, 0.15) is 5.56 Å². The number of benzene rings is 1. The fourth-order valence-electron chi connectivity index (χ4n) is 1.56. The topological polar surface area (TPSA) is 82.3 Å². The number of nitrogen functional groups attached to an aromatic ring is 1. The minimum absolute atomic E-state index is 0.430. The number of rotatable bonds is 5. The average molecular weight is 260 g/mol. The lowest BCUT2D eigenvalue weighted by Gasteiger charge is -2.09. The predicted octanol–water partition coefficient (Wildman–Crippen LogP) is 1.69. The van der Waals surface area contributed by atoms with Crippen molar-refractivity contribution in [2.75, 3.05) is 25.3 Å². The van der Waals surface area contributed by atoms with E-state index in [1.165, 1.54) is 0 Å². The van der Waals surface area contributed by atoms with Gasteiger partial charge in [-0.1, -0.05) is 18.2 Å². The smallest absolute Gasteiger partial charge is 0.229 e. The number of aromatic nitrogens is 2. The molecule has 2 rings (SSSR count). The van der Waals surface area contributed by atoms with Crippen molar-refractivity contribution in [1.82, 2.24) is 9.97 Å². The molecule has 2 aromatic rings. The molecule has 19 heavy (non-hydrogen) atoms. The first kappa shape index (κ1) is 12.9. The quantitative estimate of drug-likeness (QED) is 0.796. The third-order valence-corrected chi connectivity index (χ3v) is 2.59. The van der Waals surface area contributed by atoms with Crippen LogP contribution >= 0.6 is 0 Å². The fraction of sp³-hybridized carbons (Fsp3) is 0.231. The van der Waals surface area contributed by atoms with Gasteiger partial charge in [-0.3, -0.25) is 0 Å². The number of hydrogen-bond donors (Lipinski definition) is 2. The molecule has 0 radical (unpaired) electrons. The molecule has 1 heterocycles. The van der Waals surface area contributed by atoms with Crippen molar-refractivity contribution in [2.24, 2.45) is 0 Å². The van der Waals surface area contributed by atoms with Gasteiger partial charge >= 0.3 is 0 Å². The molecular weight excluding hydrogens is 244 g/mol. The second kappa shape index (κ2) is 5.90. The minimum Gasteiger partial charge on any atom is -0.481 e. The number of ether oxygens (including phenoxy) is 2. The van der Waals surface area contributed by atoms with E-state index in [4.69, 9.17) is 15.2 Å². The maximum Gasteiger partial charge on any atom is 0.229 e. The molecule has 1 aromatic carbocycles. The van der Waals surface area contributed by atoms with E-state index in [2.05, 4.69) is 15.3 Å². The molecule has 0 bridgehead atoms. The molecule has 0 aliphatic heterocycles. The van der Waals surface area contributed by atoms with Crippen LogP contribution in [0.15, 0.2) is 30.3 Å². The van der Waals surface area contributed by atoms with Gasteiger partial charge in [0.15, 0.2) is 0 Å². The average Bonchev–Trinajstić information content (AvgIpc) is 2.46. The van der Waals surface area contributed by atoms with E-state index in [1.807, 2.05) is 24.3 Å². The van der Waals surface area contributed by atoms with Crippen LogP contribution in [-0.4, -0.2) is 24.2 Å². The van der Waals surface area contributed by atoms with Crippen LogP contribution < -0.4 is 20.5 Å². The summed E-state index contributed by atoms with van der Waals surface area (Å²) in [5.41, 5.74) is 7.57. The van der Waals surface area contributed by atoms with Gasteiger partial charge in [0, 0.05) is 12.2 Å². The van der Waals surface area contributed by atoms with Crippen molar-refractivity contribution in [3.05, 3.63) is 35.9 Å². The first-order valence-electron chi connectivity index (χ1n) is 5.77. The highest BCUT2D eigenvalue weighted by atomic mass is 16.5. The summed E-state index contributed by atoms with van der Waals surface area (Å²) < 4.78 is 10.2. The largest absolute Gasteiger partial charge is 0.481 e. The lowest BCUT2D eigenvalue weighted by atomic mass is 10.2. The highest BCUT2D eigenvalue weighted by Gasteiger charge is 2.05. The summed E-state index contributed by atoms with van der Waals surface area (Å²) in [6, 6.07) is 9.23. The molecule has 6 nitrogen and oxygen atoms in total. The Morgan fingerprint density at radius 1 is 1.11 bits per heavy atom. The monoisotopic (exact) mass is 260 g/mol. The highest BCUT2D eigenvalue weighted by molar-refractivity contribution is 5.48. The van der Waals surface area contributed by atoms with Crippen LogP contribution in [0.25, 0.3) is 0 Å². The molecule has 1 aromatic heterocycles. The summed E-state index contributed by atoms with van der Waals surface area (Å²) >= 11 is 0. The van der Waals surface area contributed by atoms with Crippen LogP contribution in [0.5, 0.6) is 11.8 Å². The molecule has 6 heteroatoms. The van der Waals surface area contributed by atoms with Crippen molar-refractivity contribution in [3.8, 4) is 11.8 Å². The summed E-state index contributed by atoms with van der Waals surface area (Å²) in [4.78, 5) is 8.36. The van der Waals surface area contributed by atoms with Crippen LogP contribution in [0.4, 0.5) is 11.6 Å². The van der Waals surface area contributed by atoms with Crippen molar-refractivity contribution >= 4 is 11.6 Å². The Hall–Kier alpha value is -2.50. The lowest BCUT2D eigenvalue weighted by molar-refractivity contribution is 0.373. The van der Waals surface area contributed by atoms with Crippen LogP contribution in [0.2, 0.25) is 0 Å². The molecular formula is C13H16N4O2. The van der Waals surface area contributed by atoms with E-state index in [0.29, 0.717) is 24.3 Å². The Balaban J connectivity index is 2.13. The third kappa shape index (κ3) is 3.25. The first-order chi connectivity index (χ1) is 9.22. The van der Waals surface area contributed by atoms with Crippen LogP contribution in [0, 0.1) is 0 Å². The number of hydrogen-bond acceptors (Lipinski definition) is 6. The highest BCUT2D eigenvalue weighted by Crippen LogP contribution is 2.18. The Morgan fingerprint density at radius 3 is 2.32 bits per heavy atom. The molecule has 0 saturated heterocycles. The molecule has 3 N–H and O–H groups in total. The first-order valence-corrected chi connectivity index (χ1v) is 5.77. The van der Waals surface area contributed by atoms with Gasteiger partial charge in [-0.25, -0.2) is 0 Å². The molecule has 0 aliphatic rings. The summed E-state index contributed by atoms with van der Waals surface area (Å²) in [5, 5.41) is 3.09. The van der Waals surface area contributed by atoms with Crippen molar-refractivity contribution in [1.29, 1.82) is 0 Å². The van der Waals surface area contributed by atoms with Gasteiger partial charge in [-0.15, -0.1) is 0 Å². The van der Waals surface area contributed by atoms with Gasteiger partial charge < -0.3 is 20.5 Å². The normalized spacial score (nSPS) is 10.0. The Labute approximate surface area is 111 Å². The molecule has 100 valence electrons. The van der Waals surface area contributed by atoms with Gasteiger partial charge in [-0.2, -0.15) is 9.97 Å². The summed E-state index contributed by atoms with van der Waals surface area (Å²) in [6.45, 7) is 0.531. The van der Waals surface area contributed by atoms with E-state index >= 15 is 0 Å². The second-order valence-corrected chi connectivity index (χ2v) is 3.83. The number of nitrogens with two attached hydrogens (primary N) is 1. The summed E-state index contributed by atoms with van der Waals surface area (Å²) in [7, 11) is 3.08. The van der Waals surface area contributed by atoms with Gasteiger partial charge in [0.05, 0.1) is 20.3 Å².